The van der Waals surface area contributed by atoms with Gasteiger partial charge in [-0.05, 0) is 55.5 Å². The molecule has 0 aliphatic heterocycles. The topological polar surface area (TPSA) is 42.8 Å². The molecule has 0 aliphatic rings. The lowest BCUT2D eigenvalue weighted by molar-refractivity contribution is -0.885. The van der Waals surface area contributed by atoms with Gasteiger partial charge in [0, 0.05) is 11.3 Å². The average Bonchev–Trinajstić information content (AvgIpc) is 2.51. The fourth-order valence-electron chi connectivity index (χ4n) is 2.29. The SMILES string of the molecule is CCOc1ccc(C[NH+](C)CC(=O)Nc2ccc(F)cc2)cc1. The molecular weight excluding hydrogens is 295 g/mol. The Kier molecular flexibility index (Phi) is 6.11. The predicted molar refractivity (Wildman–Crippen MR) is 88.1 cm³/mol. The number of quaternary nitrogens is 1. The second kappa shape index (κ2) is 8.29. The van der Waals surface area contributed by atoms with Crippen molar-refractivity contribution < 1.29 is 18.8 Å². The summed E-state index contributed by atoms with van der Waals surface area (Å²) in [7, 11) is 1.96. The maximum Gasteiger partial charge on any atom is 0.279 e. The van der Waals surface area contributed by atoms with Crippen LogP contribution in [0.15, 0.2) is 48.5 Å². The number of likely N-dealkylation sites (N-methyl/N-ethyl adjacent to an activating group) is 1. The van der Waals surface area contributed by atoms with Gasteiger partial charge in [0.05, 0.1) is 13.7 Å². The molecule has 2 rings (SSSR count). The Morgan fingerprint density at radius 3 is 2.39 bits per heavy atom. The third-order valence-electron chi connectivity index (χ3n) is 3.33. The van der Waals surface area contributed by atoms with Crippen LogP contribution in [-0.4, -0.2) is 26.1 Å². The van der Waals surface area contributed by atoms with Crippen molar-refractivity contribution in [3.8, 4) is 5.75 Å². The van der Waals surface area contributed by atoms with E-state index in [9.17, 15) is 9.18 Å². The molecule has 0 aliphatic carbocycles. The van der Waals surface area contributed by atoms with Gasteiger partial charge in [0.1, 0.15) is 18.1 Å². The van der Waals surface area contributed by atoms with Crippen LogP contribution in [0.3, 0.4) is 0 Å². The van der Waals surface area contributed by atoms with Crippen LogP contribution >= 0.6 is 0 Å². The number of amides is 1. The number of rotatable bonds is 7. The number of carbonyl (C=O) groups is 1. The molecule has 0 heterocycles. The molecule has 0 bridgehead atoms. The number of carbonyl (C=O) groups excluding carboxylic acids is 1. The first-order valence-electron chi connectivity index (χ1n) is 7.65. The van der Waals surface area contributed by atoms with Crippen LogP contribution in [0, 0.1) is 5.82 Å². The Balaban J connectivity index is 1.82. The fourth-order valence-corrected chi connectivity index (χ4v) is 2.29. The van der Waals surface area contributed by atoms with Crippen molar-refractivity contribution in [3.05, 3.63) is 59.9 Å². The minimum absolute atomic E-state index is 0.0972. The number of hydrogen-bond acceptors (Lipinski definition) is 2. The van der Waals surface area contributed by atoms with E-state index in [4.69, 9.17) is 4.74 Å². The average molecular weight is 317 g/mol. The van der Waals surface area contributed by atoms with Crippen molar-refractivity contribution >= 4 is 11.6 Å². The van der Waals surface area contributed by atoms with E-state index in [0.29, 0.717) is 18.8 Å². The number of anilines is 1. The zero-order valence-electron chi connectivity index (χ0n) is 13.4. The lowest BCUT2D eigenvalue weighted by atomic mass is 10.2. The highest BCUT2D eigenvalue weighted by Gasteiger charge is 2.11. The number of ether oxygens (including phenoxy) is 1. The van der Waals surface area contributed by atoms with Gasteiger partial charge < -0.3 is 15.0 Å². The first-order valence-corrected chi connectivity index (χ1v) is 7.65. The second-order valence-electron chi connectivity index (χ2n) is 5.44. The van der Waals surface area contributed by atoms with Gasteiger partial charge in [0.2, 0.25) is 0 Å². The van der Waals surface area contributed by atoms with E-state index in [2.05, 4.69) is 5.32 Å². The molecule has 1 atom stereocenters. The van der Waals surface area contributed by atoms with Crippen molar-refractivity contribution in [1.82, 2.24) is 0 Å². The molecule has 5 heteroatoms. The number of halogens is 1. The summed E-state index contributed by atoms with van der Waals surface area (Å²) < 4.78 is 18.2. The Bertz CT molecular complexity index is 626. The van der Waals surface area contributed by atoms with Gasteiger partial charge in [-0.15, -0.1) is 0 Å². The van der Waals surface area contributed by atoms with Crippen molar-refractivity contribution in [2.75, 3.05) is 25.5 Å². The van der Waals surface area contributed by atoms with E-state index in [1.807, 2.05) is 38.2 Å². The molecule has 2 aromatic carbocycles. The highest BCUT2D eigenvalue weighted by Crippen LogP contribution is 2.11. The molecule has 1 amide bonds. The van der Waals surface area contributed by atoms with Gasteiger partial charge >= 0.3 is 0 Å². The lowest BCUT2D eigenvalue weighted by Crippen LogP contribution is -3.08. The van der Waals surface area contributed by atoms with Crippen LogP contribution in [0.5, 0.6) is 5.75 Å². The molecule has 0 spiro atoms. The monoisotopic (exact) mass is 317 g/mol. The van der Waals surface area contributed by atoms with Crippen LogP contribution in [0.2, 0.25) is 0 Å². The third kappa shape index (κ3) is 5.71. The number of nitrogens with one attached hydrogen (secondary N) is 2. The van der Waals surface area contributed by atoms with E-state index >= 15 is 0 Å². The fraction of sp³-hybridized carbons (Fsp3) is 0.278. The standard InChI is InChI=1S/C18H21FN2O2/c1-3-23-17-10-4-14(5-11-17)12-21(2)13-18(22)20-16-8-6-15(19)7-9-16/h4-11H,3,12-13H2,1-2H3,(H,20,22)/p+1. The molecule has 0 saturated heterocycles. The van der Waals surface area contributed by atoms with Crippen LogP contribution in [0.4, 0.5) is 10.1 Å². The van der Waals surface area contributed by atoms with Gasteiger partial charge in [-0.1, -0.05) is 0 Å². The molecule has 1 unspecified atom stereocenters. The van der Waals surface area contributed by atoms with Crippen LogP contribution < -0.4 is 15.0 Å². The zero-order chi connectivity index (χ0) is 16.7. The molecular formula is C18H22FN2O2+. The summed E-state index contributed by atoms with van der Waals surface area (Å²) in [5, 5.41) is 2.77. The maximum atomic E-state index is 12.8. The molecule has 2 aromatic rings. The summed E-state index contributed by atoms with van der Waals surface area (Å²) >= 11 is 0. The lowest BCUT2D eigenvalue weighted by Gasteiger charge is -2.14. The van der Waals surface area contributed by atoms with E-state index in [1.165, 1.54) is 12.1 Å². The molecule has 23 heavy (non-hydrogen) atoms. The smallest absolute Gasteiger partial charge is 0.279 e. The van der Waals surface area contributed by atoms with Gasteiger partial charge in [0.15, 0.2) is 6.54 Å². The minimum atomic E-state index is -0.318. The molecule has 4 nitrogen and oxygen atoms in total. The predicted octanol–water partition coefficient (Wildman–Crippen LogP) is 1.88. The highest BCUT2D eigenvalue weighted by molar-refractivity contribution is 5.91. The van der Waals surface area contributed by atoms with Gasteiger partial charge in [-0.3, -0.25) is 4.79 Å². The Morgan fingerprint density at radius 2 is 1.78 bits per heavy atom. The van der Waals surface area contributed by atoms with Crippen LogP contribution in [0.25, 0.3) is 0 Å². The normalized spacial score (nSPS) is 11.8. The van der Waals surface area contributed by atoms with E-state index in [-0.39, 0.29) is 11.7 Å². The van der Waals surface area contributed by atoms with E-state index < -0.39 is 0 Å². The van der Waals surface area contributed by atoms with E-state index in [1.54, 1.807) is 12.1 Å². The van der Waals surface area contributed by atoms with Crippen molar-refractivity contribution in [2.45, 2.75) is 13.5 Å². The van der Waals surface area contributed by atoms with Crippen LogP contribution in [0.1, 0.15) is 12.5 Å². The summed E-state index contributed by atoms with van der Waals surface area (Å²) in [6.07, 6.45) is 0. The Labute approximate surface area is 135 Å². The number of hydrogen-bond donors (Lipinski definition) is 2. The zero-order valence-corrected chi connectivity index (χ0v) is 13.4. The van der Waals surface area contributed by atoms with Crippen LogP contribution in [-0.2, 0) is 11.3 Å². The Hall–Kier alpha value is -2.40. The van der Waals surface area contributed by atoms with Gasteiger partial charge in [-0.25, -0.2) is 4.39 Å². The molecule has 122 valence electrons. The first-order chi connectivity index (χ1) is 11.1. The van der Waals surface area contributed by atoms with Gasteiger partial charge in [0.25, 0.3) is 5.91 Å². The summed E-state index contributed by atoms with van der Waals surface area (Å²) in [5.74, 6) is 0.434. The second-order valence-corrected chi connectivity index (χ2v) is 5.44. The van der Waals surface area contributed by atoms with Gasteiger partial charge in [-0.2, -0.15) is 0 Å². The van der Waals surface area contributed by atoms with Crippen molar-refractivity contribution in [3.63, 3.8) is 0 Å². The first kappa shape index (κ1) is 17.0. The molecule has 0 saturated carbocycles. The Morgan fingerprint density at radius 1 is 1.13 bits per heavy atom. The summed E-state index contributed by atoms with van der Waals surface area (Å²) in [6.45, 7) is 3.67. The van der Waals surface area contributed by atoms with Crippen molar-refractivity contribution in [1.29, 1.82) is 0 Å². The van der Waals surface area contributed by atoms with Crippen molar-refractivity contribution in [2.24, 2.45) is 0 Å². The van der Waals surface area contributed by atoms with E-state index in [0.717, 1.165) is 22.8 Å². The minimum Gasteiger partial charge on any atom is -0.494 e. The summed E-state index contributed by atoms with van der Waals surface area (Å²) in [5.41, 5.74) is 1.74. The highest BCUT2D eigenvalue weighted by atomic mass is 19.1. The third-order valence-corrected chi connectivity index (χ3v) is 3.33. The molecule has 2 N–H and O–H groups in total. The largest absolute Gasteiger partial charge is 0.494 e. The summed E-state index contributed by atoms with van der Waals surface area (Å²) in [4.78, 5) is 13.1. The molecule has 0 radical (unpaired) electrons. The summed E-state index contributed by atoms with van der Waals surface area (Å²) in [6, 6.07) is 13.6. The quantitative estimate of drug-likeness (QED) is 0.819. The number of benzene rings is 2. The maximum absolute atomic E-state index is 12.8. The molecule has 0 fully saturated rings. The molecule has 0 aromatic heterocycles.